The van der Waals surface area contributed by atoms with Crippen LogP contribution in [-0.2, 0) is 18.3 Å². The topological polar surface area (TPSA) is 56.1 Å². The van der Waals surface area contributed by atoms with Crippen molar-refractivity contribution in [2.45, 2.75) is 19.4 Å². The van der Waals surface area contributed by atoms with Crippen LogP contribution in [0.2, 0.25) is 0 Å². The minimum Gasteiger partial charge on any atom is -0.496 e. The zero-order valence-electron chi connectivity index (χ0n) is 15.3. The smallest absolute Gasteiger partial charge is 0.225 e. The van der Waals surface area contributed by atoms with Gasteiger partial charge in [-0.1, -0.05) is 42.5 Å². The Morgan fingerprint density at radius 2 is 1.92 bits per heavy atom. The van der Waals surface area contributed by atoms with Gasteiger partial charge in [0.1, 0.15) is 17.6 Å². The molecule has 5 nitrogen and oxygen atoms in total. The molecular weight excluding hydrogens is 326 g/mol. The maximum atomic E-state index is 12.8. The van der Waals surface area contributed by atoms with Crippen LogP contribution < -0.4 is 10.1 Å². The Bertz CT molecular complexity index is 902. The van der Waals surface area contributed by atoms with Crippen molar-refractivity contribution in [3.8, 4) is 5.75 Å². The lowest BCUT2D eigenvalue weighted by atomic mass is 10.0. The number of imidazole rings is 1. The second-order valence-corrected chi connectivity index (χ2v) is 6.24. The quantitative estimate of drug-likeness (QED) is 0.744. The van der Waals surface area contributed by atoms with Gasteiger partial charge in [-0.05, 0) is 24.1 Å². The first-order valence-electron chi connectivity index (χ1n) is 8.54. The number of carbonyl (C=O) groups excluding carboxylic acids is 1. The first-order chi connectivity index (χ1) is 12.6. The average Bonchev–Trinajstić information content (AvgIpc) is 3.07. The van der Waals surface area contributed by atoms with Crippen LogP contribution in [0.15, 0.2) is 60.9 Å². The molecule has 0 aliphatic rings. The van der Waals surface area contributed by atoms with Gasteiger partial charge in [-0.15, -0.1) is 0 Å². The number of hydrogen-bond acceptors (Lipinski definition) is 3. The maximum absolute atomic E-state index is 12.8. The van der Waals surface area contributed by atoms with Crippen LogP contribution >= 0.6 is 0 Å². The van der Waals surface area contributed by atoms with Crippen LogP contribution in [0, 0.1) is 6.92 Å². The van der Waals surface area contributed by atoms with Gasteiger partial charge in [0, 0.05) is 25.0 Å². The van der Waals surface area contributed by atoms with Gasteiger partial charge in [0.2, 0.25) is 5.91 Å². The summed E-state index contributed by atoms with van der Waals surface area (Å²) in [6.07, 6.45) is 3.92. The number of rotatable bonds is 6. The molecule has 3 rings (SSSR count). The second-order valence-electron chi connectivity index (χ2n) is 6.24. The van der Waals surface area contributed by atoms with Crippen molar-refractivity contribution in [3.63, 3.8) is 0 Å². The van der Waals surface area contributed by atoms with E-state index in [4.69, 9.17) is 4.74 Å². The summed E-state index contributed by atoms with van der Waals surface area (Å²) >= 11 is 0. The minimum atomic E-state index is -0.386. The fourth-order valence-electron chi connectivity index (χ4n) is 3.04. The molecule has 0 bridgehead atoms. The molecule has 0 fully saturated rings. The number of aromatic nitrogens is 2. The Kier molecular flexibility index (Phi) is 5.37. The van der Waals surface area contributed by atoms with Gasteiger partial charge in [-0.25, -0.2) is 4.98 Å². The summed E-state index contributed by atoms with van der Waals surface area (Å²) in [5, 5.41) is 3.12. The largest absolute Gasteiger partial charge is 0.496 e. The molecule has 0 aliphatic heterocycles. The monoisotopic (exact) mass is 349 g/mol. The standard InChI is InChI=1S/C21H23N3O2/c1-15-8-4-5-9-16(15)14-19(25)23-20(21-22-12-13-24(21)2)17-10-6-7-11-18(17)26-3/h4-13,20H,14H2,1-3H3,(H,23,25)/t20-/m0/s1. The highest BCUT2D eigenvalue weighted by molar-refractivity contribution is 5.79. The van der Waals surface area contributed by atoms with E-state index in [0.717, 1.165) is 28.3 Å². The molecule has 0 saturated carbocycles. The van der Waals surface area contributed by atoms with E-state index < -0.39 is 0 Å². The molecule has 1 N–H and O–H groups in total. The van der Waals surface area contributed by atoms with Gasteiger partial charge in [-0.3, -0.25) is 4.79 Å². The molecule has 2 aromatic carbocycles. The third-order valence-electron chi connectivity index (χ3n) is 4.48. The number of amides is 1. The highest BCUT2D eigenvalue weighted by Gasteiger charge is 2.23. The molecule has 1 amide bonds. The van der Waals surface area contributed by atoms with E-state index in [2.05, 4.69) is 10.3 Å². The minimum absolute atomic E-state index is 0.0572. The third-order valence-corrected chi connectivity index (χ3v) is 4.48. The average molecular weight is 349 g/mol. The molecular formula is C21H23N3O2. The number of benzene rings is 2. The number of nitrogens with one attached hydrogen (secondary N) is 1. The van der Waals surface area contributed by atoms with Crippen LogP contribution in [0.5, 0.6) is 5.75 Å². The predicted octanol–water partition coefficient (Wildman–Crippen LogP) is 3.19. The van der Waals surface area contributed by atoms with Gasteiger partial charge < -0.3 is 14.6 Å². The van der Waals surface area contributed by atoms with Crippen LogP contribution in [0.1, 0.15) is 28.6 Å². The molecule has 26 heavy (non-hydrogen) atoms. The summed E-state index contributed by atoms with van der Waals surface area (Å²) in [7, 11) is 3.54. The van der Waals surface area contributed by atoms with E-state index >= 15 is 0 Å². The van der Waals surface area contributed by atoms with E-state index in [9.17, 15) is 4.79 Å². The van der Waals surface area contributed by atoms with Gasteiger partial charge in [-0.2, -0.15) is 0 Å². The first-order valence-corrected chi connectivity index (χ1v) is 8.54. The molecule has 5 heteroatoms. The van der Waals surface area contributed by atoms with E-state index in [-0.39, 0.29) is 11.9 Å². The molecule has 0 saturated heterocycles. The van der Waals surface area contributed by atoms with Crippen LogP contribution in [0.4, 0.5) is 0 Å². The van der Waals surface area contributed by atoms with Crippen molar-refractivity contribution in [2.24, 2.45) is 7.05 Å². The number of nitrogens with zero attached hydrogens (tertiary/aromatic N) is 2. The predicted molar refractivity (Wildman–Crippen MR) is 101 cm³/mol. The summed E-state index contributed by atoms with van der Waals surface area (Å²) in [5.41, 5.74) is 3.00. The molecule has 1 heterocycles. The summed E-state index contributed by atoms with van der Waals surface area (Å²) in [6.45, 7) is 2.01. The van der Waals surface area contributed by atoms with Crippen molar-refractivity contribution in [1.82, 2.24) is 14.9 Å². The van der Waals surface area contributed by atoms with Crippen LogP contribution in [-0.4, -0.2) is 22.6 Å². The van der Waals surface area contributed by atoms with Gasteiger partial charge >= 0.3 is 0 Å². The zero-order chi connectivity index (χ0) is 18.5. The number of ether oxygens (including phenoxy) is 1. The molecule has 0 unspecified atom stereocenters. The molecule has 134 valence electrons. The molecule has 1 atom stereocenters. The molecule has 3 aromatic rings. The van der Waals surface area contributed by atoms with Crippen molar-refractivity contribution < 1.29 is 9.53 Å². The Morgan fingerprint density at radius 3 is 2.62 bits per heavy atom. The molecule has 1 aromatic heterocycles. The van der Waals surface area contributed by atoms with E-state index in [1.54, 1.807) is 13.3 Å². The van der Waals surface area contributed by atoms with Crippen LogP contribution in [0.3, 0.4) is 0 Å². The fourth-order valence-corrected chi connectivity index (χ4v) is 3.04. The number of aryl methyl sites for hydroxylation is 2. The molecule has 0 radical (unpaired) electrons. The maximum Gasteiger partial charge on any atom is 0.225 e. The third kappa shape index (κ3) is 3.77. The highest BCUT2D eigenvalue weighted by Crippen LogP contribution is 2.29. The number of carbonyl (C=O) groups is 1. The summed E-state index contributed by atoms with van der Waals surface area (Å²) in [4.78, 5) is 17.2. The van der Waals surface area contributed by atoms with Gasteiger partial charge in [0.25, 0.3) is 0 Å². The Balaban J connectivity index is 1.91. The number of hydrogen-bond donors (Lipinski definition) is 1. The molecule has 0 aliphatic carbocycles. The van der Waals surface area contributed by atoms with E-state index in [0.29, 0.717) is 6.42 Å². The zero-order valence-corrected chi connectivity index (χ0v) is 15.3. The van der Waals surface area contributed by atoms with Gasteiger partial charge in [0.05, 0.1) is 13.5 Å². The normalized spacial score (nSPS) is 11.8. The lowest BCUT2D eigenvalue weighted by molar-refractivity contribution is -0.121. The van der Waals surface area contributed by atoms with Crippen molar-refractivity contribution in [2.75, 3.05) is 7.11 Å². The Morgan fingerprint density at radius 1 is 1.19 bits per heavy atom. The Hall–Kier alpha value is -3.08. The van der Waals surface area contributed by atoms with Crippen molar-refractivity contribution in [1.29, 1.82) is 0 Å². The summed E-state index contributed by atoms with van der Waals surface area (Å²) in [6, 6.07) is 15.2. The van der Waals surface area contributed by atoms with E-state index in [1.165, 1.54) is 0 Å². The van der Waals surface area contributed by atoms with Crippen molar-refractivity contribution >= 4 is 5.91 Å². The lowest BCUT2D eigenvalue weighted by Gasteiger charge is -2.21. The first kappa shape index (κ1) is 17.7. The Labute approximate surface area is 153 Å². The molecule has 0 spiro atoms. The number of methoxy groups -OCH3 is 1. The summed E-state index contributed by atoms with van der Waals surface area (Å²) in [5.74, 6) is 1.42. The lowest BCUT2D eigenvalue weighted by Crippen LogP contribution is -2.32. The summed E-state index contributed by atoms with van der Waals surface area (Å²) < 4.78 is 7.40. The van der Waals surface area contributed by atoms with Crippen LogP contribution in [0.25, 0.3) is 0 Å². The highest BCUT2D eigenvalue weighted by atomic mass is 16.5. The van der Waals surface area contributed by atoms with Gasteiger partial charge in [0.15, 0.2) is 0 Å². The number of para-hydroxylation sites is 1. The SMILES string of the molecule is COc1ccccc1[C@H](NC(=O)Cc1ccccc1C)c1nccn1C. The van der Waals surface area contributed by atoms with E-state index in [1.807, 2.05) is 73.3 Å². The fraction of sp³-hybridized carbons (Fsp3) is 0.238. The second kappa shape index (κ2) is 7.87. The van der Waals surface area contributed by atoms with Crippen molar-refractivity contribution in [3.05, 3.63) is 83.4 Å².